The zero-order valence-electron chi connectivity index (χ0n) is 11.9. The van der Waals surface area contributed by atoms with Crippen LogP contribution in [0.5, 0.6) is 11.5 Å². The summed E-state index contributed by atoms with van der Waals surface area (Å²) in [7, 11) is 3.17. The molecule has 1 aromatic rings. The van der Waals surface area contributed by atoms with Crippen molar-refractivity contribution in [1.82, 2.24) is 5.32 Å². The summed E-state index contributed by atoms with van der Waals surface area (Å²) in [6.07, 6.45) is 0. The van der Waals surface area contributed by atoms with Gasteiger partial charge in [0.05, 0.1) is 14.2 Å². The fourth-order valence-corrected chi connectivity index (χ4v) is 2.01. The van der Waals surface area contributed by atoms with Gasteiger partial charge in [0.25, 0.3) is 0 Å². The average Bonchev–Trinajstić information content (AvgIpc) is 2.36. The van der Waals surface area contributed by atoms with Crippen molar-refractivity contribution in [3.05, 3.63) is 18.2 Å². The quantitative estimate of drug-likeness (QED) is 0.872. The average molecular weight is 301 g/mol. The Kier molecular flexibility index (Phi) is 6.10. The molecule has 5 nitrogen and oxygen atoms in total. The van der Waals surface area contributed by atoms with Gasteiger partial charge in [-0.1, -0.05) is 6.92 Å². The van der Waals surface area contributed by atoms with Gasteiger partial charge in [-0.05, 0) is 19.0 Å². The number of hydrogen-bond donors (Lipinski definition) is 2. The highest BCUT2D eigenvalue weighted by molar-refractivity contribution is 5.93. The first kappa shape index (κ1) is 16.6. The second-order valence-corrected chi connectivity index (χ2v) is 4.80. The number of amides is 1. The number of methoxy groups -OCH3 is 2. The predicted octanol–water partition coefficient (Wildman–Crippen LogP) is 1.92. The minimum Gasteiger partial charge on any atom is -0.497 e. The highest BCUT2D eigenvalue weighted by atomic mass is 35.5. The molecule has 1 aliphatic rings. The molecule has 20 heavy (non-hydrogen) atoms. The predicted molar refractivity (Wildman–Crippen MR) is 80.9 cm³/mol. The SMILES string of the molecule is COc1cc(NC(=O)C(C)C2CNC2)cc(OC)c1.Cl. The number of anilines is 1. The molecule has 0 aliphatic carbocycles. The van der Waals surface area contributed by atoms with Crippen molar-refractivity contribution in [3.8, 4) is 11.5 Å². The maximum absolute atomic E-state index is 12.1. The molecular weight excluding hydrogens is 280 g/mol. The molecule has 1 atom stereocenters. The number of ether oxygens (including phenoxy) is 2. The lowest BCUT2D eigenvalue weighted by Gasteiger charge is -2.31. The van der Waals surface area contributed by atoms with Crippen LogP contribution in [0.3, 0.4) is 0 Å². The monoisotopic (exact) mass is 300 g/mol. The number of hydrogen-bond acceptors (Lipinski definition) is 4. The second kappa shape index (κ2) is 7.36. The molecule has 1 fully saturated rings. The number of halogens is 1. The summed E-state index contributed by atoms with van der Waals surface area (Å²) in [6, 6.07) is 5.34. The fraction of sp³-hybridized carbons (Fsp3) is 0.500. The summed E-state index contributed by atoms with van der Waals surface area (Å²) < 4.78 is 10.4. The lowest BCUT2D eigenvalue weighted by molar-refractivity contribution is -0.121. The zero-order valence-corrected chi connectivity index (χ0v) is 12.8. The van der Waals surface area contributed by atoms with Crippen LogP contribution in [0.25, 0.3) is 0 Å². The van der Waals surface area contributed by atoms with E-state index in [0.29, 0.717) is 23.1 Å². The smallest absolute Gasteiger partial charge is 0.227 e. The Hall–Kier alpha value is -1.46. The summed E-state index contributed by atoms with van der Waals surface area (Å²) in [5.41, 5.74) is 0.695. The molecule has 1 saturated heterocycles. The van der Waals surface area contributed by atoms with Crippen LogP contribution in [0.1, 0.15) is 6.92 Å². The lowest BCUT2D eigenvalue weighted by Crippen LogP contribution is -2.48. The normalized spacial score (nSPS) is 15.6. The van der Waals surface area contributed by atoms with E-state index in [0.717, 1.165) is 13.1 Å². The number of benzene rings is 1. The highest BCUT2D eigenvalue weighted by Gasteiger charge is 2.28. The van der Waals surface area contributed by atoms with Crippen molar-refractivity contribution in [2.24, 2.45) is 11.8 Å². The van der Waals surface area contributed by atoms with E-state index in [4.69, 9.17) is 9.47 Å². The maximum Gasteiger partial charge on any atom is 0.227 e. The molecule has 1 heterocycles. The Labute approximate surface area is 125 Å². The van der Waals surface area contributed by atoms with Gasteiger partial charge in [0.15, 0.2) is 0 Å². The molecule has 1 aromatic carbocycles. The summed E-state index contributed by atoms with van der Waals surface area (Å²) in [4.78, 5) is 12.1. The van der Waals surface area contributed by atoms with Crippen LogP contribution in [-0.2, 0) is 4.79 Å². The topological polar surface area (TPSA) is 59.6 Å². The summed E-state index contributed by atoms with van der Waals surface area (Å²) in [5, 5.41) is 6.09. The van der Waals surface area contributed by atoms with Gasteiger partial charge in [0.2, 0.25) is 5.91 Å². The van der Waals surface area contributed by atoms with E-state index in [1.165, 1.54) is 0 Å². The van der Waals surface area contributed by atoms with Gasteiger partial charge in [-0.3, -0.25) is 4.79 Å². The Balaban J connectivity index is 0.00000200. The summed E-state index contributed by atoms with van der Waals surface area (Å²) >= 11 is 0. The number of carbonyl (C=O) groups is 1. The van der Waals surface area contributed by atoms with Crippen LogP contribution in [0.15, 0.2) is 18.2 Å². The van der Waals surface area contributed by atoms with Gasteiger partial charge in [-0.25, -0.2) is 0 Å². The molecule has 112 valence electrons. The molecule has 1 aliphatic heterocycles. The first-order valence-corrected chi connectivity index (χ1v) is 6.38. The third kappa shape index (κ3) is 3.77. The van der Waals surface area contributed by atoms with E-state index in [1.807, 2.05) is 6.92 Å². The van der Waals surface area contributed by atoms with Crippen LogP contribution in [0, 0.1) is 11.8 Å². The number of rotatable bonds is 5. The van der Waals surface area contributed by atoms with Crippen LogP contribution in [0.4, 0.5) is 5.69 Å². The van der Waals surface area contributed by atoms with Crippen LogP contribution in [-0.4, -0.2) is 33.2 Å². The molecule has 0 spiro atoms. The van der Waals surface area contributed by atoms with Crippen molar-refractivity contribution >= 4 is 24.0 Å². The Morgan fingerprint density at radius 3 is 2.20 bits per heavy atom. The fourth-order valence-electron chi connectivity index (χ4n) is 2.01. The van der Waals surface area contributed by atoms with Gasteiger partial charge in [-0.2, -0.15) is 0 Å². The third-order valence-corrected chi connectivity index (χ3v) is 3.55. The molecular formula is C14H21ClN2O3. The van der Waals surface area contributed by atoms with E-state index in [-0.39, 0.29) is 24.2 Å². The second-order valence-electron chi connectivity index (χ2n) is 4.80. The van der Waals surface area contributed by atoms with E-state index >= 15 is 0 Å². The Morgan fingerprint density at radius 2 is 1.80 bits per heavy atom. The first-order chi connectivity index (χ1) is 9.13. The van der Waals surface area contributed by atoms with Crippen molar-refractivity contribution in [1.29, 1.82) is 0 Å². The third-order valence-electron chi connectivity index (χ3n) is 3.55. The molecule has 0 aromatic heterocycles. The van der Waals surface area contributed by atoms with Crippen LogP contribution in [0.2, 0.25) is 0 Å². The van der Waals surface area contributed by atoms with E-state index in [2.05, 4.69) is 10.6 Å². The van der Waals surface area contributed by atoms with Crippen molar-refractivity contribution < 1.29 is 14.3 Å². The van der Waals surface area contributed by atoms with Gasteiger partial charge in [0, 0.05) is 29.8 Å². The van der Waals surface area contributed by atoms with Crippen LogP contribution >= 0.6 is 12.4 Å². The molecule has 2 N–H and O–H groups in total. The summed E-state index contributed by atoms with van der Waals surface area (Å²) in [5.74, 6) is 1.77. The molecule has 6 heteroatoms. The first-order valence-electron chi connectivity index (χ1n) is 6.38. The van der Waals surface area contributed by atoms with Crippen molar-refractivity contribution in [2.75, 3.05) is 32.6 Å². The molecule has 1 unspecified atom stereocenters. The minimum atomic E-state index is -0.00144. The molecule has 1 amide bonds. The van der Waals surface area contributed by atoms with E-state index < -0.39 is 0 Å². The van der Waals surface area contributed by atoms with Gasteiger partial charge in [0.1, 0.15) is 11.5 Å². The Bertz CT molecular complexity index is 441. The minimum absolute atomic E-state index is 0. The largest absolute Gasteiger partial charge is 0.497 e. The maximum atomic E-state index is 12.1. The van der Waals surface area contributed by atoms with Gasteiger partial charge >= 0.3 is 0 Å². The van der Waals surface area contributed by atoms with Crippen molar-refractivity contribution in [3.63, 3.8) is 0 Å². The molecule has 0 radical (unpaired) electrons. The number of nitrogens with one attached hydrogen (secondary N) is 2. The summed E-state index contributed by atoms with van der Waals surface area (Å²) in [6.45, 7) is 3.78. The molecule has 2 rings (SSSR count). The van der Waals surface area contributed by atoms with E-state index in [1.54, 1.807) is 32.4 Å². The standard InChI is InChI=1S/C14H20N2O3.ClH/c1-9(10-7-15-8-10)14(17)16-11-4-12(18-2)6-13(5-11)19-3;/h4-6,9-10,15H,7-8H2,1-3H3,(H,16,17);1H. The lowest BCUT2D eigenvalue weighted by atomic mass is 9.88. The van der Waals surface area contributed by atoms with Crippen LogP contribution < -0.4 is 20.1 Å². The zero-order chi connectivity index (χ0) is 13.8. The Morgan fingerprint density at radius 1 is 1.25 bits per heavy atom. The van der Waals surface area contributed by atoms with Gasteiger partial charge < -0.3 is 20.1 Å². The van der Waals surface area contributed by atoms with Crippen molar-refractivity contribution in [2.45, 2.75) is 6.92 Å². The van der Waals surface area contributed by atoms with E-state index in [9.17, 15) is 4.79 Å². The highest BCUT2D eigenvalue weighted by Crippen LogP contribution is 2.26. The number of carbonyl (C=O) groups excluding carboxylic acids is 1. The molecule has 0 bridgehead atoms. The van der Waals surface area contributed by atoms with Gasteiger partial charge in [-0.15, -0.1) is 12.4 Å². The molecule has 0 saturated carbocycles.